The van der Waals surface area contributed by atoms with Crippen molar-refractivity contribution in [2.75, 3.05) is 0 Å². The summed E-state index contributed by atoms with van der Waals surface area (Å²) < 4.78 is 6.92. The predicted octanol–water partition coefficient (Wildman–Crippen LogP) is 2.37. The van der Waals surface area contributed by atoms with Gasteiger partial charge in [-0.2, -0.15) is 0 Å². The van der Waals surface area contributed by atoms with E-state index in [0.29, 0.717) is 6.42 Å². The van der Waals surface area contributed by atoms with Crippen molar-refractivity contribution in [3.8, 4) is 5.75 Å². The fourth-order valence-electron chi connectivity index (χ4n) is 1.61. The van der Waals surface area contributed by atoms with Crippen LogP contribution in [0.25, 0.3) is 0 Å². The predicted molar refractivity (Wildman–Crippen MR) is 63.6 cm³/mol. The summed E-state index contributed by atoms with van der Waals surface area (Å²) in [7, 11) is 0. The lowest BCUT2D eigenvalue weighted by Crippen LogP contribution is -2.46. The highest BCUT2D eigenvalue weighted by molar-refractivity contribution is 14.1. The highest BCUT2D eigenvalue weighted by Crippen LogP contribution is 2.36. The highest BCUT2D eigenvalue weighted by atomic mass is 127. The summed E-state index contributed by atoms with van der Waals surface area (Å²) in [5.74, 6) is 0.934. The zero-order valence-electron chi connectivity index (χ0n) is 8.25. The minimum absolute atomic E-state index is 0.423. The molecule has 1 unspecified atom stereocenters. The first kappa shape index (κ1) is 10.2. The van der Waals surface area contributed by atoms with E-state index in [1.807, 2.05) is 32.0 Å². The quantitative estimate of drug-likeness (QED) is 0.746. The molecule has 76 valence electrons. The second-order valence-corrected chi connectivity index (χ2v) is 5.32. The van der Waals surface area contributed by atoms with Gasteiger partial charge in [-0.3, -0.25) is 0 Å². The standard InChI is InChI=1S/C11H13IO2/c1-11(2)9(13)6-7-4-3-5-8(12)10(7)14-11/h3-5,9,13H,6H2,1-2H3. The van der Waals surface area contributed by atoms with Gasteiger partial charge in [0.25, 0.3) is 0 Å². The number of aliphatic hydroxyl groups excluding tert-OH is 1. The molecule has 1 aliphatic heterocycles. The van der Waals surface area contributed by atoms with Crippen LogP contribution in [0.2, 0.25) is 0 Å². The maximum atomic E-state index is 9.85. The molecule has 0 amide bonds. The summed E-state index contributed by atoms with van der Waals surface area (Å²) in [5.41, 5.74) is 0.623. The second-order valence-electron chi connectivity index (χ2n) is 4.15. The molecule has 0 saturated heterocycles. The topological polar surface area (TPSA) is 29.5 Å². The molecule has 0 saturated carbocycles. The molecule has 0 spiro atoms. The third-order valence-electron chi connectivity index (χ3n) is 2.63. The summed E-state index contributed by atoms with van der Waals surface area (Å²) in [5, 5.41) is 9.85. The Morgan fingerprint density at radius 2 is 2.21 bits per heavy atom. The van der Waals surface area contributed by atoms with Crippen molar-refractivity contribution >= 4 is 22.6 Å². The lowest BCUT2D eigenvalue weighted by molar-refractivity contribution is -0.0417. The molecule has 14 heavy (non-hydrogen) atoms. The largest absolute Gasteiger partial charge is 0.484 e. The van der Waals surface area contributed by atoms with Gasteiger partial charge in [0.15, 0.2) is 0 Å². The molecule has 0 aromatic heterocycles. The van der Waals surface area contributed by atoms with E-state index in [2.05, 4.69) is 22.6 Å². The van der Waals surface area contributed by atoms with Gasteiger partial charge in [0.05, 0.1) is 9.67 Å². The number of hydrogen-bond donors (Lipinski definition) is 1. The molecular formula is C11H13IO2. The molecule has 1 N–H and O–H groups in total. The van der Waals surface area contributed by atoms with Crippen molar-refractivity contribution in [1.29, 1.82) is 0 Å². The van der Waals surface area contributed by atoms with Gasteiger partial charge < -0.3 is 9.84 Å². The molecule has 1 heterocycles. The minimum atomic E-state index is -0.478. The van der Waals surface area contributed by atoms with Gasteiger partial charge >= 0.3 is 0 Å². The summed E-state index contributed by atoms with van der Waals surface area (Å²) >= 11 is 2.26. The minimum Gasteiger partial charge on any atom is -0.484 e. The van der Waals surface area contributed by atoms with Crippen LogP contribution in [0.3, 0.4) is 0 Å². The van der Waals surface area contributed by atoms with Gasteiger partial charge in [-0.1, -0.05) is 12.1 Å². The Morgan fingerprint density at radius 3 is 2.93 bits per heavy atom. The molecule has 2 nitrogen and oxygen atoms in total. The van der Waals surface area contributed by atoms with Crippen LogP contribution in [0, 0.1) is 3.57 Å². The Bertz CT molecular complexity index is 360. The second kappa shape index (κ2) is 3.38. The SMILES string of the molecule is CC1(C)Oc2c(I)cccc2CC1O. The van der Waals surface area contributed by atoms with Gasteiger partial charge in [0, 0.05) is 6.42 Å². The van der Waals surface area contributed by atoms with Crippen LogP contribution < -0.4 is 4.74 Å². The van der Waals surface area contributed by atoms with E-state index in [1.165, 1.54) is 0 Å². The molecule has 1 aromatic carbocycles. The Balaban J connectivity index is 2.46. The Morgan fingerprint density at radius 1 is 1.50 bits per heavy atom. The van der Waals surface area contributed by atoms with E-state index >= 15 is 0 Å². The first-order valence-corrected chi connectivity index (χ1v) is 5.73. The Hall–Kier alpha value is -0.290. The number of fused-ring (bicyclic) bond motifs is 1. The zero-order chi connectivity index (χ0) is 10.3. The van der Waals surface area contributed by atoms with Crippen molar-refractivity contribution in [3.63, 3.8) is 0 Å². The van der Waals surface area contributed by atoms with Crippen molar-refractivity contribution in [2.45, 2.75) is 32.0 Å². The van der Waals surface area contributed by atoms with Crippen LogP contribution in [-0.4, -0.2) is 16.8 Å². The first-order chi connectivity index (χ1) is 6.50. The van der Waals surface area contributed by atoms with Crippen molar-refractivity contribution in [2.24, 2.45) is 0 Å². The van der Waals surface area contributed by atoms with E-state index in [9.17, 15) is 5.11 Å². The van der Waals surface area contributed by atoms with Crippen LogP contribution >= 0.6 is 22.6 Å². The normalized spacial score (nSPS) is 23.9. The smallest absolute Gasteiger partial charge is 0.136 e. The number of para-hydroxylation sites is 1. The molecular weight excluding hydrogens is 291 g/mol. The molecule has 3 heteroatoms. The van der Waals surface area contributed by atoms with E-state index in [1.54, 1.807) is 0 Å². The van der Waals surface area contributed by atoms with E-state index in [0.717, 1.165) is 14.9 Å². The number of rotatable bonds is 0. The van der Waals surface area contributed by atoms with Crippen LogP contribution in [-0.2, 0) is 6.42 Å². The van der Waals surface area contributed by atoms with E-state index < -0.39 is 11.7 Å². The molecule has 1 aromatic rings. The highest BCUT2D eigenvalue weighted by Gasteiger charge is 2.36. The number of benzene rings is 1. The average molecular weight is 304 g/mol. The van der Waals surface area contributed by atoms with Gasteiger partial charge in [-0.05, 0) is 48.1 Å². The van der Waals surface area contributed by atoms with Gasteiger partial charge in [-0.25, -0.2) is 0 Å². The van der Waals surface area contributed by atoms with Gasteiger partial charge in [-0.15, -0.1) is 0 Å². The monoisotopic (exact) mass is 304 g/mol. The fraction of sp³-hybridized carbons (Fsp3) is 0.455. The molecule has 1 aliphatic rings. The molecule has 0 bridgehead atoms. The van der Waals surface area contributed by atoms with E-state index in [4.69, 9.17) is 4.74 Å². The summed E-state index contributed by atoms with van der Waals surface area (Å²) in [6.07, 6.45) is 0.257. The van der Waals surface area contributed by atoms with Crippen LogP contribution in [0.15, 0.2) is 18.2 Å². The molecule has 0 radical (unpaired) electrons. The summed E-state index contributed by atoms with van der Waals surface area (Å²) in [4.78, 5) is 0. The van der Waals surface area contributed by atoms with Crippen molar-refractivity contribution < 1.29 is 9.84 Å². The van der Waals surface area contributed by atoms with Crippen LogP contribution in [0.1, 0.15) is 19.4 Å². The number of hydrogen-bond acceptors (Lipinski definition) is 2. The maximum absolute atomic E-state index is 9.85. The van der Waals surface area contributed by atoms with E-state index in [-0.39, 0.29) is 0 Å². The number of aliphatic hydroxyl groups is 1. The Kier molecular flexibility index (Phi) is 2.47. The molecule has 1 atom stereocenters. The Labute approximate surface area is 97.4 Å². The first-order valence-electron chi connectivity index (χ1n) is 4.65. The maximum Gasteiger partial charge on any atom is 0.136 e. The van der Waals surface area contributed by atoms with Crippen LogP contribution in [0.4, 0.5) is 0 Å². The average Bonchev–Trinajstić information content (AvgIpc) is 2.09. The van der Waals surface area contributed by atoms with Crippen molar-refractivity contribution in [1.82, 2.24) is 0 Å². The summed E-state index contributed by atoms with van der Waals surface area (Å²) in [6, 6.07) is 6.03. The van der Waals surface area contributed by atoms with Crippen LogP contribution in [0.5, 0.6) is 5.75 Å². The fourth-order valence-corrected chi connectivity index (χ4v) is 2.28. The third kappa shape index (κ3) is 1.63. The number of halogens is 1. The number of ether oxygens (including phenoxy) is 1. The van der Waals surface area contributed by atoms with Crippen molar-refractivity contribution in [3.05, 3.63) is 27.3 Å². The molecule has 2 rings (SSSR count). The third-order valence-corrected chi connectivity index (χ3v) is 3.48. The molecule has 0 fully saturated rings. The molecule has 0 aliphatic carbocycles. The zero-order valence-corrected chi connectivity index (χ0v) is 10.4. The van der Waals surface area contributed by atoms with Gasteiger partial charge in [0.1, 0.15) is 11.4 Å². The summed E-state index contributed by atoms with van der Waals surface area (Å²) in [6.45, 7) is 3.84. The van der Waals surface area contributed by atoms with Gasteiger partial charge in [0.2, 0.25) is 0 Å². The lowest BCUT2D eigenvalue weighted by atomic mass is 9.91. The lowest BCUT2D eigenvalue weighted by Gasteiger charge is -2.37.